The van der Waals surface area contributed by atoms with Crippen molar-refractivity contribution in [2.24, 2.45) is 11.3 Å². The average Bonchev–Trinajstić information content (AvgIpc) is 3.25. The molecule has 0 aromatic heterocycles. The number of sulfone groups is 1. The van der Waals surface area contributed by atoms with Gasteiger partial charge >= 0.3 is 0 Å². The van der Waals surface area contributed by atoms with Gasteiger partial charge in [0.05, 0.1) is 10.1 Å². The first-order valence-electron chi connectivity index (χ1n) is 7.92. The van der Waals surface area contributed by atoms with Crippen LogP contribution in [-0.4, -0.2) is 37.6 Å². The zero-order chi connectivity index (χ0) is 16.0. The maximum Gasteiger partial charge on any atom is 0.228 e. The lowest BCUT2D eigenvalue weighted by molar-refractivity contribution is -0.140. The van der Waals surface area contributed by atoms with E-state index in [1.807, 2.05) is 19.9 Å². The molecule has 1 saturated carbocycles. The molecule has 0 spiro atoms. The minimum Gasteiger partial charge on any atom is -0.341 e. The van der Waals surface area contributed by atoms with Crippen molar-refractivity contribution in [3.63, 3.8) is 0 Å². The van der Waals surface area contributed by atoms with E-state index in [1.54, 1.807) is 29.2 Å². The van der Waals surface area contributed by atoms with Gasteiger partial charge in [0.25, 0.3) is 0 Å². The third kappa shape index (κ3) is 2.67. The Morgan fingerprint density at radius 1 is 1.14 bits per heavy atom. The van der Waals surface area contributed by atoms with E-state index in [4.69, 9.17) is 0 Å². The summed E-state index contributed by atoms with van der Waals surface area (Å²) in [5.74, 6) is 0.575. The zero-order valence-electron chi connectivity index (χ0n) is 13.2. The number of hydrogen-bond acceptors (Lipinski definition) is 3. The minimum absolute atomic E-state index is 0.112. The molecule has 1 amide bonds. The van der Waals surface area contributed by atoms with Gasteiger partial charge in [-0.3, -0.25) is 4.79 Å². The molecule has 1 atom stereocenters. The van der Waals surface area contributed by atoms with Crippen molar-refractivity contribution in [1.82, 2.24) is 4.90 Å². The summed E-state index contributed by atoms with van der Waals surface area (Å²) in [5, 5.41) is -0.478. The van der Waals surface area contributed by atoms with Crippen LogP contribution in [0.25, 0.3) is 0 Å². The van der Waals surface area contributed by atoms with Crippen molar-refractivity contribution in [2.75, 3.05) is 13.1 Å². The molecule has 2 fully saturated rings. The number of hydrogen-bond donors (Lipinski definition) is 0. The molecular weight excluding hydrogens is 298 g/mol. The van der Waals surface area contributed by atoms with Crippen LogP contribution in [0.5, 0.6) is 0 Å². The van der Waals surface area contributed by atoms with Crippen LogP contribution in [0.2, 0.25) is 0 Å². The van der Waals surface area contributed by atoms with Gasteiger partial charge in [-0.05, 0) is 37.3 Å². The van der Waals surface area contributed by atoms with Gasteiger partial charge in [-0.25, -0.2) is 8.42 Å². The van der Waals surface area contributed by atoms with Crippen molar-refractivity contribution < 1.29 is 13.2 Å². The van der Waals surface area contributed by atoms with Crippen molar-refractivity contribution in [3.8, 4) is 0 Å². The Hall–Kier alpha value is -1.36. The second kappa shape index (κ2) is 5.37. The van der Waals surface area contributed by atoms with E-state index in [2.05, 4.69) is 0 Å². The molecule has 1 aliphatic carbocycles. The summed E-state index contributed by atoms with van der Waals surface area (Å²) in [4.78, 5) is 14.8. The fourth-order valence-corrected chi connectivity index (χ4v) is 5.07. The fraction of sp³-hybridized carbons (Fsp3) is 0.588. The first-order valence-corrected chi connectivity index (χ1v) is 9.46. The first kappa shape index (κ1) is 15.5. The molecule has 0 bridgehead atoms. The summed E-state index contributed by atoms with van der Waals surface area (Å²) in [5.41, 5.74) is -0.356. The molecule has 1 unspecified atom stereocenters. The van der Waals surface area contributed by atoms with Crippen molar-refractivity contribution >= 4 is 15.7 Å². The van der Waals surface area contributed by atoms with E-state index < -0.39 is 15.1 Å². The molecular formula is C17H23NO3S. The van der Waals surface area contributed by atoms with Gasteiger partial charge in [-0.2, -0.15) is 0 Å². The number of carbonyl (C=O) groups is 1. The number of carbonyl (C=O) groups excluding carboxylic acids is 1. The molecule has 4 nitrogen and oxygen atoms in total. The topological polar surface area (TPSA) is 54.5 Å². The van der Waals surface area contributed by atoms with Crippen molar-refractivity contribution in [3.05, 3.63) is 30.3 Å². The largest absolute Gasteiger partial charge is 0.341 e. The Balaban J connectivity index is 1.74. The summed E-state index contributed by atoms with van der Waals surface area (Å²) in [7, 11) is -3.35. The average molecular weight is 321 g/mol. The highest BCUT2D eigenvalue weighted by Crippen LogP contribution is 2.46. The number of benzene rings is 1. The third-order valence-electron chi connectivity index (χ3n) is 5.09. The highest BCUT2D eigenvalue weighted by molar-refractivity contribution is 7.92. The van der Waals surface area contributed by atoms with E-state index in [0.29, 0.717) is 30.3 Å². The lowest BCUT2D eigenvalue weighted by Gasteiger charge is -2.29. The van der Waals surface area contributed by atoms with Crippen molar-refractivity contribution in [2.45, 2.75) is 43.3 Å². The summed E-state index contributed by atoms with van der Waals surface area (Å²) in [6.07, 6.45) is 2.75. The zero-order valence-corrected chi connectivity index (χ0v) is 14.0. The van der Waals surface area contributed by atoms with E-state index in [9.17, 15) is 13.2 Å². The third-order valence-corrected chi connectivity index (χ3v) is 7.28. The summed E-state index contributed by atoms with van der Waals surface area (Å²) in [6, 6.07) is 8.55. The maximum atomic E-state index is 12.7. The van der Waals surface area contributed by atoms with Crippen LogP contribution in [0.15, 0.2) is 35.2 Å². The molecule has 22 heavy (non-hydrogen) atoms. The summed E-state index contributed by atoms with van der Waals surface area (Å²) in [6.45, 7) is 4.86. The van der Waals surface area contributed by atoms with E-state index >= 15 is 0 Å². The Morgan fingerprint density at radius 3 is 2.36 bits per heavy atom. The molecule has 1 aromatic rings. The van der Waals surface area contributed by atoms with Crippen LogP contribution in [0.4, 0.5) is 0 Å². The number of likely N-dealkylation sites (tertiary alicyclic amines) is 1. The Morgan fingerprint density at radius 2 is 1.77 bits per heavy atom. The standard InChI is InChI=1S/C17H23NO3S/c1-17(2,13-8-9-13)16(19)18-11-10-15(12-18)22(20,21)14-6-4-3-5-7-14/h3-7,13,15H,8-12H2,1-2H3. The maximum absolute atomic E-state index is 12.7. The SMILES string of the molecule is CC(C)(C(=O)N1CCC(S(=O)(=O)c2ccccc2)C1)C1CC1. The van der Waals surface area contributed by atoms with Gasteiger partial charge in [0.2, 0.25) is 5.91 Å². The second-order valence-corrected chi connectivity index (χ2v) is 9.24. The number of amides is 1. The lowest BCUT2D eigenvalue weighted by atomic mass is 9.86. The van der Waals surface area contributed by atoms with Crippen molar-refractivity contribution in [1.29, 1.82) is 0 Å². The van der Waals surface area contributed by atoms with Gasteiger partial charge < -0.3 is 4.90 Å². The highest BCUT2D eigenvalue weighted by atomic mass is 32.2. The molecule has 120 valence electrons. The minimum atomic E-state index is -3.35. The smallest absolute Gasteiger partial charge is 0.228 e. The summed E-state index contributed by atoms with van der Waals surface area (Å²) < 4.78 is 25.3. The molecule has 1 saturated heterocycles. The van der Waals surface area contributed by atoms with Gasteiger partial charge in [-0.1, -0.05) is 32.0 Å². The Bertz CT molecular complexity index is 662. The van der Waals surface area contributed by atoms with Crippen LogP contribution < -0.4 is 0 Å². The van der Waals surface area contributed by atoms with E-state index in [0.717, 1.165) is 12.8 Å². The second-order valence-electron chi connectivity index (χ2n) is 7.02. The molecule has 1 aliphatic heterocycles. The van der Waals surface area contributed by atoms with Gasteiger partial charge in [-0.15, -0.1) is 0 Å². The highest BCUT2D eigenvalue weighted by Gasteiger charge is 2.47. The van der Waals surface area contributed by atoms with E-state index in [1.165, 1.54) is 0 Å². The number of rotatable bonds is 4. The summed E-state index contributed by atoms with van der Waals surface area (Å²) >= 11 is 0. The molecule has 0 N–H and O–H groups in total. The molecule has 0 radical (unpaired) electrons. The predicted molar refractivity (Wildman–Crippen MR) is 85.1 cm³/mol. The van der Waals surface area contributed by atoms with Crippen LogP contribution in [0.1, 0.15) is 33.1 Å². The lowest BCUT2D eigenvalue weighted by Crippen LogP contribution is -2.41. The van der Waals surface area contributed by atoms with Gasteiger partial charge in [0.1, 0.15) is 0 Å². The Kier molecular flexibility index (Phi) is 3.79. The fourth-order valence-electron chi connectivity index (χ4n) is 3.36. The molecule has 5 heteroatoms. The Labute approximate surface area is 132 Å². The quantitative estimate of drug-likeness (QED) is 0.856. The van der Waals surface area contributed by atoms with Gasteiger partial charge in [0, 0.05) is 18.5 Å². The monoisotopic (exact) mass is 321 g/mol. The van der Waals surface area contributed by atoms with Crippen LogP contribution in [-0.2, 0) is 14.6 Å². The molecule has 2 aliphatic rings. The van der Waals surface area contributed by atoms with Crippen LogP contribution in [0.3, 0.4) is 0 Å². The van der Waals surface area contributed by atoms with Crippen LogP contribution >= 0.6 is 0 Å². The molecule has 1 aromatic carbocycles. The molecule has 3 rings (SSSR count). The first-order chi connectivity index (χ1) is 10.3. The van der Waals surface area contributed by atoms with Crippen LogP contribution in [0, 0.1) is 11.3 Å². The van der Waals surface area contributed by atoms with Gasteiger partial charge in [0.15, 0.2) is 9.84 Å². The predicted octanol–water partition coefficient (Wildman–Crippen LogP) is 2.50. The normalized spacial score (nSPS) is 22.8. The molecule has 1 heterocycles. The van der Waals surface area contributed by atoms with E-state index in [-0.39, 0.29) is 11.3 Å². The number of nitrogens with zero attached hydrogens (tertiary/aromatic N) is 1.